The number of hydrogen-bond acceptors (Lipinski definition) is 5. The van der Waals surface area contributed by atoms with Crippen molar-refractivity contribution in [2.24, 2.45) is 7.05 Å². The highest BCUT2D eigenvalue weighted by Gasteiger charge is 2.15. The average Bonchev–Trinajstić information content (AvgIpc) is 3.18. The molecular formula is C14H15N7O. The number of nitrogens with zero attached hydrogens (tertiary/aromatic N) is 6. The van der Waals surface area contributed by atoms with Crippen molar-refractivity contribution in [3.05, 3.63) is 42.7 Å². The maximum absolute atomic E-state index is 12.3. The summed E-state index contributed by atoms with van der Waals surface area (Å²) in [5, 5.41) is 18.3. The van der Waals surface area contributed by atoms with Gasteiger partial charge in [0.25, 0.3) is 0 Å². The second-order valence-corrected chi connectivity index (χ2v) is 4.86. The third kappa shape index (κ3) is 2.71. The fourth-order valence-corrected chi connectivity index (χ4v) is 2.09. The molecule has 0 bridgehead atoms. The van der Waals surface area contributed by atoms with E-state index in [2.05, 4.69) is 25.9 Å². The fourth-order valence-electron chi connectivity index (χ4n) is 2.09. The van der Waals surface area contributed by atoms with Crippen LogP contribution in [0.5, 0.6) is 0 Å². The van der Waals surface area contributed by atoms with Gasteiger partial charge in [-0.25, -0.2) is 4.68 Å². The number of tetrazole rings is 1. The zero-order valence-corrected chi connectivity index (χ0v) is 12.2. The minimum Gasteiger partial charge on any atom is -0.324 e. The molecule has 0 saturated heterocycles. The van der Waals surface area contributed by atoms with Crippen LogP contribution in [-0.2, 0) is 11.8 Å². The second-order valence-electron chi connectivity index (χ2n) is 4.86. The third-order valence-corrected chi connectivity index (χ3v) is 3.31. The summed E-state index contributed by atoms with van der Waals surface area (Å²) in [5.41, 5.74) is 1.52. The Balaban J connectivity index is 1.79. The van der Waals surface area contributed by atoms with Crippen LogP contribution in [0.4, 0.5) is 5.69 Å². The molecule has 0 radical (unpaired) electrons. The number of carbonyl (C=O) groups is 1. The van der Waals surface area contributed by atoms with E-state index in [1.165, 1.54) is 0 Å². The zero-order valence-electron chi connectivity index (χ0n) is 12.2. The molecule has 112 valence electrons. The highest BCUT2D eigenvalue weighted by Crippen LogP contribution is 2.20. The molecule has 8 nitrogen and oxygen atoms in total. The number of rotatable bonds is 4. The normalized spacial score (nSPS) is 12.1. The molecule has 2 heterocycles. The lowest BCUT2D eigenvalue weighted by Crippen LogP contribution is -2.23. The van der Waals surface area contributed by atoms with E-state index in [4.69, 9.17) is 0 Å². The summed E-state index contributed by atoms with van der Waals surface area (Å²) in [6.07, 6.45) is 3.40. The molecule has 1 aromatic carbocycles. The van der Waals surface area contributed by atoms with Gasteiger partial charge in [-0.05, 0) is 35.5 Å². The summed E-state index contributed by atoms with van der Waals surface area (Å²) in [4.78, 5) is 12.3. The van der Waals surface area contributed by atoms with Crippen LogP contribution in [0, 0.1) is 0 Å². The van der Waals surface area contributed by atoms with Gasteiger partial charge in [-0.3, -0.25) is 9.48 Å². The van der Waals surface area contributed by atoms with Crippen molar-refractivity contribution in [3.8, 4) is 11.4 Å². The Morgan fingerprint density at radius 2 is 2.18 bits per heavy atom. The molecule has 0 aliphatic carbocycles. The molecule has 1 atom stereocenters. The summed E-state index contributed by atoms with van der Waals surface area (Å²) >= 11 is 0. The van der Waals surface area contributed by atoms with E-state index in [0.29, 0.717) is 11.5 Å². The van der Waals surface area contributed by atoms with Crippen molar-refractivity contribution in [2.75, 3.05) is 5.32 Å². The predicted molar refractivity (Wildman–Crippen MR) is 79.8 cm³/mol. The van der Waals surface area contributed by atoms with Gasteiger partial charge in [-0.15, -0.1) is 5.10 Å². The van der Waals surface area contributed by atoms with Gasteiger partial charge < -0.3 is 5.32 Å². The van der Waals surface area contributed by atoms with E-state index in [1.54, 1.807) is 41.8 Å². The molecule has 0 saturated carbocycles. The van der Waals surface area contributed by atoms with Gasteiger partial charge >= 0.3 is 0 Å². The number of aryl methyl sites for hydroxylation is 1. The number of aromatic nitrogens is 6. The molecule has 1 N–H and O–H groups in total. The molecule has 0 aliphatic heterocycles. The molecule has 2 aromatic heterocycles. The number of carbonyl (C=O) groups excluding carboxylic acids is 1. The lowest BCUT2D eigenvalue weighted by molar-refractivity contribution is -0.119. The van der Waals surface area contributed by atoms with Crippen LogP contribution < -0.4 is 5.32 Å². The topological polar surface area (TPSA) is 90.5 Å². The van der Waals surface area contributed by atoms with Gasteiger partial charge in [0.05, 0.1) is 0 Å². The Kier molecular flexibility index (Phi) is 3.65. The summed E-state index contributed by atoms with van der Waals surface area (Å²) in [5.74, 6) is 0.494. The van der Waals surface area contributed by atoms with Crippen LogP contribution in [-0.4, -0.2) is 35.9 Å². The molecule has 8 heteroatoms. The number of benzene rings is 1. The highest BCUT2D eigenvalue weighted by atomic mass is 16.2. The summed E-state index contributed by atoms with van der Waals surface area (Å²) in [7, 11) is 1.76. The SMILES string of the molecule is CC(C(=O)Nc1cccc(-c2nnnn2C)c1)n1cccn1. The number of hydrogen-bond donors (Lipinski definition) is 1. The first-order valence-corrected chi connectivity index (χ1v) is 6.78. The summed E-state index contributed by atoms with van der Waals surface area (Å²) in [6.45, 7) is 1.79. The van der Waals surface area contributed by atoms with Crippen molar-refractivity contribution >= 4 is 11.6 Å². The molecule has 22 heavy (non-hydrogen) atoms. The van der Waals surface area contributed by atoms with E-state index < -0.39 is 6.04 Å². The van der Waals surface area contributed by atoms with Crippen molar-refractivity contribution < 1.29 is 4.79 Å². The molecule has 0 spiro atoms. The second kappa shape index (κ2) is 5.76. The van der Waals surface area contributed by atoms with Crippen LogP contribution in [0.1, 0.15) is 13.0 Å². The highest BCUT2D eigenvalue weighted by molar-refractivity contribution is 5.93. The van der Waals surface area contributed by atoms with Gasteiger partial charge in [0.1, 0.15) is 6.04 Å². The lowest BCUT2D eigenvalue weighted by atomic mass is 10.2. The standard InChI is InChI=1S/C14H15N7O/c1-10(21-8-4-7-15-21)14(22)16-12-6-3-5-11(9-12)13-17-18-19-20(13)2/h3-10H,1-2H3,(H,16,22). The molecule has 3 aromatic rings. The quantitative estimate of drug-likeness (QED) is 0.783. The van der Waals surface area contributed by atoms with Gasteiger partial charge in [0.15, 0.2) is 5.82 Å². The van der Waals surface area contributed by atoms with Crippen LogP contribution in [0.2, 0.25) is 0 Å². The molecular weight excluding hydrogens is 282 g/mol. The van der Waals surface area contributed by atoms with Crippen molar-refractivity contribution in [1.29, 1.82) is 0 Å². The summed E-state index contributed by atoms with van der Waals surface area (Å²) < 4.78 is 3.18. The first-order valence-electron chi connectivity index (χ1n) is 6.78. The van der Waals surface area contributed by atoms with Gasteiger partial charge in [-0.1, -0.05) is 12.1 Å². The molecule has 3 rings (SSSR count). The van der Waals surface area contributed by atoms with Crippen LogP contribution in [0.15, 0.2) is 42.7 Å². The smallest absolute Gasteiger partial charge is 0.248 e. The Bertz CT molecular complexity index is 778. The largest absolute Gasteiger partial charge is 0.324 e. The number of amides is 1. The number of nitrogens with one attached hydrogen (secondary N) is 1. The molecule has 1 unspecified atom stereocenters. The van der Waals surface area contributed by atoms with Crippen LogP contribution in [0.25, 0.3) is 11.4 Å². The van der Waals surface area contributed by atoms with E-state index in [-0.39, 0.29) is 5.91 Å². The van der Waals surface area contributed by atoms with Crippen molar-refractivity contribution in [3.63, 3.8) is 0 Å². The minimum absolute atomic E-state index is 0.142. The first kappa shape index (κ1) is 13.9. The van der Waals surface area contributed by atoms with E-state index in [1.807, 2.05) is 24.3 Å². The van der Waals surface area contributed by atoms with Gasteiger partial charge in [0.2, 0.25) is 5.91 Å². The van der Waals surface area contributed by atoms with E-state index in [9.17, 15) is 4.79 Å². The van der Waals surface area contributed by atoms with Crippen LogP contribution in [0.3, 0.4) is 0 Å². The minimum atomic E-state index is -0.393. The first-order chi connectivity index (χ1) is 10.6. The molecule has 0 aliphatic rings. The van der Waals surface area contributed by atoms with Gasteiger partial charge in [-0.2, -0.15) is 5.10 Å². The van der Waals surface area contributed by atoms with E-state index in [0.717, 1.165) is 5.56 Å². The van der Waals surface area contributed by atoms with Gasteiger partial charge in [0, 0.05) is 30.7 Å². The third-order valence-electron chi connectivity index (χ3n) is 3.31. The fraction of sp³-hybridized carbons (Fsp3) is 0.214. The zero-order chi connectivity index (χ0) is 15.5. The van der Waals surface area contributed by atoms with Crippen LogP contribution >= 0.6 is 0 Å². The monoisotopic (exact) mass is 297 g/mol. The van der Waals surface area contributed by atoms with Crippen molar-refractivity contribution in [2.45, 2.75) is 13.0 Å². The molecule has 1 amide bonds. The van der Waals surface area contributed by atoms with E-state index >= 15 is 0 Å². The number of anilines is 1. The predicted octanol–water partition coefficient (Wildman–Crippen LogP) is 1.27. The lowest BCUT2D eigenvalue weighted by Gasteiger charge is -2.13. The van der Waals surface area contributed by atoms with Crippen molar-refractivity contribution in [1.82, 2.24) is 30.0 Å². The maximum atomic E-state index is 12.3. The Morgan fingerprint density at radius 3 is 2.86 bits per heavy atom. The maximum Gasteiger partial charge on any atom is 0.248 e. The Labute approximate surface area is 126 Å². The Hall–Kier alpha value is -3.03. The molecule has 0 fully saturated rings. The average molecular weight is 297 g/mol. The Morgan fingerprint density at radius 1 is 1.32 bits per heavy atom. The summed E-state index contributed by atoms with van der Waals surface area (Å²) in [6, 6.07) is 8.78.